The van der Waals surface area contributed by atoms with E-state index in [2.05, 4.69) is 53.3 Å². The first-order valence-corrected chi connectivity index (χ1v) is 12.9. The van der Waals surface area contributed by atoms with Crippen LogP contribution in [0.3, 0.4) is 0 Å². The van der Waals surface area contributed by atoms with Gasteiger partial charge in [-0.1, -0.05) is 48.9 Å². The van der Waals surface area contributed by atoms with E-state index in [1.165, 1.54) is 23.3 Å². The number of rotatable bonds is 14. The zero-order valence-electron chi connectivity index (χ0n) is 21.5. The normalized spacial score (nSPS) is 11.5. The SMILES string of the molecule is CC(C)N(CCc1ccc(F)cc1)Cc1ccc(CCCCCNC(=O)/C=C/c2cccnc2)cc1. The average molecular weight is 488 g/mol. The minimum Gasteiger partial charge on any atom is -0.353 e. The first-order chi connectivity index (χ1) is 17.5. The third-order valence-electron chi connectivity index (χ3n) is 6.29. The van der Waals surface area contributed by atoms with Crippen molar-refractivity contribution in [3.05, 3.63) is 107 Å². The van der Waals surface area contributed by atoms with Crippen LogP contribution >= 0.6 is 0 Å². The van der Waals surface area contributed by atoms with E-state index in [1.54, 1.807) is 24.5 Å². The quantitative estimate of drug-likeness (QED) is 0.217. The average Bonchev–Trinajstić information content (AvgIpc) is 2.89. The van der Waals surface area contributed by atoms with Crippen molar-refractivity contribution in [1.82, 2.24) is 15.2 Å². The first kappa shape index (κ1) is 27.3. The summed E-state index contributed by atoms with van der Waals surface area (Å²) in [6.45, 7) is 6.99. The summed E-state index contributed by atoms with van der Waals surface area (Å²) in [6.07, 6.45) is 11.9. The highest BCUT2D eigenvalue weighted by molar-refractivity contribution is 5.91. The molecule has 0 spiro atoms. The molecule has 1 N–H and O–H groups in total. The number of amides is 1. The molecule has 0 radical (unpaired) electrons. The van der Waals surface area contributed by atoms with Gasteiger partial charge in [0.05, 0.1) is 0 Å². The van der Waals surface area contributed by atoms with Crippen molar-refractivity contribution in [1.29, 1.82) is 0 Å². The molecule has 1 amide bonds. The molecule has 0 aliphatic carbocycles. The molecule has 0 atom stereocenters. The van der Waals surface area contributed by atoms with Gasteiger partial charge in [-0.25, -0.2) is 4.39 Å². The third kappa shape index (κ3) is 10.1. The van der Waals surface area contributed by atoms with Gasteiger partial charge in [-0.2, -0.15) is 0 Å². The van der Waals surface area contributed by atoms with E-state index in [-0.39, 0.29) is 11.7 Å². The molecular formula is C31H38FN3O. The number of halogens is 1. The summed E-state index contributed by atoms with van der Waals surface area (Å²) in [6, 6.07) is 20.0. The maximum Gasteiger partial charge on any atom is 0.243 e. The summed E-state index contributed by atoms with van der Waals surface area (Å²) in [5.74, 6) is -0.251. The zero-order chi connectivity index (χ0) is 25.6. The third-order valence-corrected chi connectivity index (χ3v) is 6.29. The van der Waals surface area contributed by atoms with Crippen molar-refractivity contribution in [3.63, 3.8) is 0 Å². The summed E-state index contributed by atoms with van der Waals surface area (Å²) < 4.78 is 13.1. The molecule has 36 heavy (non-hydrogen) atoms. The van der Waals surface area contributed by atoms with Gasteiger partial charge in [-0.05, 0) is 86.1 Å². The second-order valence-corrected chi connectivity index (χ2v) is 9.48. The number of carbonyl (C=O) groups excluding carboxylic acids is 1. The van der Waals surface area contributed by atoms with E-state index < -0.39 is 0 Å². The van der Waals surface area contributed by atoms with Gasteiger partial charge in [-0.3, -0.25) is 14.7 Å². The van der Waals surface area contributed by atoms with Gasteiger partial charge in [-0.15, -0.1) is 0 Å². The van der Waals surface area contributed by atoms with Crippen LogP contribution in [0.2, 0.25) is 0 Å². The second-order valence-electron chi connectivity index (χ2n) is 9.48. The number of benzene rings is 2. The summed E-state index contributed by atoms with van der Waals surface area (Å²) in [5.41, 5.74) is 4.75. The van der Waals surface area contributed by atoms with E-state index in [1.807, 2.05) is 24.3 Å². The molecule has 0 aliphatic rings. The molecule has 3 rings (SSSR count). The fourth-order valence-electron chi connectivity index (χ4n) is 4.04. The highest BCUT2D eigenvalue weighted by Gasteiger charge is 2.10. The zero-order valence-corrected chi connectivity index (χ0v) is 21.5. The minimum atomic E-state index is -0.184. The van der Waals surface area contributed by atoms with Crippen molar-refractivity contribution >= 4 is 12.0 Å². The number of nitrogens with zero attached hydrogens (tertiary/aromatic N) is 2. The molecule has 3 aromatic rings. The van der Waals surface area contributed by atoms with E-state index >= 15 is 0 Å². The molecule has 190 valence electrons. The standard InChI is InChI=1S/C31H38FN3O/c1-25(2)35(22-19-27-13-16-30(32)17-14-27)24-29-11-9-26(10-12-29)7-4-3-5-21-34-31(36)18-15-28-8-6-20-33-23-28/h6,8-18,20,23,25H,3-5,7,19,21-22,24H2,1-2H3,(H,34,36)/b18-15+. The van der Waals surface area contributed by atoms with Gasteiger partial charge in [0.2, 0.25) is 5.91 Å². The van der Waals surface area contributed by atoms with Crippen LogP contribution in [0.1, 0.15) is 55.4 Å². The Bertz CT molecular complexity index is 1060. The largest absolute Gasteiger partial charge is 0.353 e. The van der Waals surface area contributed by atoms with E-state index in [0.29, 0.717) is 12.6 Å². The molecule has 0 saturated heterocycles. The Kier molecular flexibility index (Phi) is 11.3. The van der Waals surface area contributed by atoms with Crippen LogP contribution in [0.5, 0.6) is 0 Å². The van der Waals surface area contributed by atoms with E-state index in [9.17, 15) is 9.18 Å². The number of aryl methyl sites for hydroxylation is 1. The number of aromatic nitrogens is 1. The Morgan fingerprint density at radius 2 is 1.64 bits per heavy atom. The van der Waals surface area contributed by atoms with Crippen LogP contribution in [0.25, 0.3) is 6.08 Å². The lowest BCUT2D eigenvalue weighted by Crippen LogP contribution is -2.32. The van der Waals surface area contributed by atoms with Crippen LogP contribution in [0.4, 0.5) is 4.39 Å². The van der Waals surface area contributed by atoms with Crippen LogP contribution in [0, 0.1) is 5.82 Å². The molecular weight excluding hydrogens is 449 g/mol. The van der Waals surface area contributed by atoms with Crippen LogP contribution in [0.15, 0.2) is 79.1 Å². The molecule has 4 nitrogen and oxygen atoms in total. The smallest absolute Gasteiger partial charge is 0.243 e. The minimum absolute atomic E-state index is 0.0671. The fraction of sp³-hybridized carbons (Fsp3) is 0.355. The fourth-order valence-corrected chi connectivity index (χ4v) is 4.04. The molecule has 0 unspecified atom stereocenters. The number of pyridine rings is 1. The van der Waals surface area contributed by atoms with E-state index in [0.717, 1.165) is 56.3 Å². The van der Waals surface area contributed by atoms with Gasteiger partial charge in [0.25, 0.3) is 0 Å². The highest BCUT2D eigenvalue weighted by Crippen LogP contribution is 2.14. The predicted molar refractivity (Wildman–Crippen MR) is 146 cm³/mol. The maximum atomic E-state index is 13.1. The monoisotopic (exact) mass is 487 g/mol. The number of nitrogens with one attached hydrogen (secondary N) is 1. The number of hydrogen-bond donors (Lipinski definition) is 1. The molecule has 0 fully saturated rings. The van der Waals surface area contributed by atoms with Crippen molar-refractivity contribution in [2.75, 3.05) is 13.1 Å². The lowest BCUT2D eigenvalue weighted by Gasteiger charge is -2.26. The summed E-state index contributed by atoms with van der Waals surface area (Å²) in [4.78, 5) is 18.4. The molecule has 0 aliphatic heterocycles. The Hall–Kier alpha value is -3.31. The highest BCUT2D eigenvalue weighted by atomic mass is 19.1. The maximum absolute atomic E-state index is 13.1. The summed E-state index contributed by atoms with van der Waals surface area (Å²) in [5, 5.41) is 2.94. The Balaban J connectivity index is 1.32. The summed E-state index contributed by atoms with van der Waals surface area (Å²) in [7, 11) is 0. The molecule has 5 heteroatoms. The number of unbranched alkanes of at least 4 members (excludes halogenated alkanes) is 2. The van der Waals surface area contributed by atoms with Gasteiger partial charge >= 0.3 is 0 Å². The molecule has 1 heterocycles. The molecule has 1 aromatic heterocycles. The predicted octanol–water partition coefficient (Wildman–Crippen LogP) is 6.22. The number of carbonyl (C=O) groups is 1. The van der Waals surface area contributed by atoms with Gasteiger partial charge in [0, 0.05) is 44.1 Å². The Morgan fingerprint density at radius 3 is 2.33 bits per heavy atom. The van der Waals surface area contributed by atoms with E-state index in [4.69, 9.17) is 0 Å². The molecule has 0 saturated carbocycles. The topological polar surface area (TPSA) is 45.2 Å². The van der Waals surface area contributed by atoms with Gasteiger partial charge < -0.3 is 5.32 Å². The van der Waals surface area contributed by atoms with Crippen molar-refractivity contribution in [3.8, 4) is 0 Å². The van der Waals surface area contributed by atoms with Crippen LogP contribution < -0.4 is 5.32 Å². The molecule has 2 aromatic carbocycles. The molecule has 0 bridgehead atoms. The summed E-state index contributed by atoms with van der Waals surface area (Å²) >= 11 is 0. The second kappa shape index (κ2) is 14.9. The van der Waals surface area contributed by atoms with Gasteiger partial charge in [0.15, 0.2) is 0 Å². The Morgan fingerprint density at radius 1 is 0.944 bits per heavy atom. The lowest BCUT2D eigenvalue weighted by atomic mass is 10.0. The Labute approximate surface area is 215 Å². The van der Waals surface area contributed by atoms with Gasteiger partial charge in [0.1, 0.15) is 5.82 Å². The van der Waals surface area contributed by atoms with Crippen LogP contribution in [-0.4, -0.2) is 34.9 Å². The lowest BCUT2D eigenvalue weighted by molar-refractivity contribution is -0.116. The van der Waals surface area contributed by atoms with Crippen molar-refractivity contribution in [2.45, 2.75) is 58.5 Å². The van der Waals surface area contributed by atoms with Crippen LogP contribution in [-0.2, 0) is 24.2 Å². The number of hydrogen-bond acceptors (Lipinski definition) is 3. The van der Waals surface area contributed by atoms with Crippen molar-refractivity contribution in [2.24, 2.45) is 0 Å². The van der Waals surface area contributed by atoms with Crippen molar-refractivity contribution < 1.29 is 9.18 Å². The first-order valence-electron chi connectivity index (χ1n) is 12.9.